The number of aromatic nitrogens is 2. The molecule has 7 nitrogen and oxygen atoms in total. The highest BCUT2D eigenvalue weighted by atomic mass is 127. The highest BCUT2D eigenvalue weighted by molar-refractivity contribution is 14.0. The van der Waals surface area contributed by atoms with Gasteiger partial charge >= 0.3 is 0 Å². The lowest BCUT2D eigenvalue weighted by Gasteiger charge is -2.22. The summed E-state index contributed by atoms with van der Waals surface area (Å²) in [5, 5.41) is 8.96. The second-order valence-corrected chi connectivity index (χ2v) is 7.64. The Bertz CT molecular complexity index is 927. The van der Waals surface area contributed by atoms with Crippen molar-refractivity contribution in [2.24, 2.45) is 4.99 Å². The van der Waals surface area contributed by atoms with Crippen molar-refractivity contribution >= 4 is 51.9 Å². The van der Waals surface area contributed by atoms with Crippen LogP contribution in [-0.4, -0.2) is 48.1 Å². The maximum absolute atomic E-state index is 5.51. The first-order valence-electron chi connectivity index (χ1n) is 9.60. The van der Waals surface area contributed by atoms with Crippen LogP contribution < -0.4 is 20.3 Å². The summed E-state index contributed by atoms with van der Waals surface area (Å²) in [6.45, 7) is 5.39. The number of imidazole rings is 1. The molecule has 29 heavy (non-hydrogen) atoms. The summed E-state index contributed by atoms with van der Waals surface area (Å²) in [6, 6.07) is 8.53. The predicted molar refractivity (Wildman–Crippen MR) is 130 cm³/mol. The molecule has 0 radical (unpaired) electrons. The van der Waals surface area contributed by atoms with Crippen molar-refractivity contribution in [2.75, 3.05) is 31.6 Å². The van der Waals surface area contributed by atoms with Crippen LogP contribution in [0.15, 0.2) is 47.0 Å². The molecule has 3 heterocycles. The van der Waals surface area contributed by atoms with Crippen LogP contribution in [-0.2, 0) is 6.54 Å². The van der Waals surface area contributed by atoms with Crippen molar-refractivity contribution in [3.63, 3.8) is 0 Å². The molecule has 2 N–H and O–H groups in total. The van der Waals surface area contributed by atoms with E-state index in [1.807, 2.05) is 34.3 Å². The molecule has 156 valence electrons. The quantitative estimate of drug-likeness (QED) is 0.293. The summed E-state index contributed by atoms with van der Waals surface area (Å²) in [7, 11) is 1.72. The third kappa shape index (κ3) is 5.13. The zero-order valence-electron chi connectivity index (χ0n) is 16.7. The van der Waals surface area contributed by atoms with Crippen LogP contribution in [0.5, 0.6) is 5.75 Å². The molecular formula is C20H27IN6OS. The van der Waals surface area contributed by atoms with E-state index in [1.165, 1.54) is 0 Å². The third-order valence-electron chi connectivity index (χ3n) is 4.84. The largest absolute Gasteiger partial charge is 0.495 e. The molecule has 1 atom stereocenters. The maximum Gasteiger partial charge on any atom is 0.193 e. The summed E-state index contributed by atoms with van der Waals surface area (Å²) in [5.41, 5.74) is 2.13. The molecule has 1 aliphatic heterocycles. The number of aliphatic imine (C=N–C) groups is 1. The molecule has 3 aromatic rings. The number of methoxy groups -OCH3 is 1. The van der Waals surface area contributed by atoms with Gasteiger partial charge in [0.05, 0.1) is 25.0 Å². The van der Waals surface area contributed by atoms with Crippen molar-refractivity contribution in [3.05, 3.63) is 47.7 Å². The Hall–Kier alpha value is -2.01. The number of hydrogen-bond donors (Lipinski definition) is 2. The van der Waals surface area contributed by atoms with Gasteiger partial charge in [-0.25, -0.2) is 9.98 Å². The monoisotopic (exact) mass is 526 g/mol. The van der Waals surface area contributed by atoms with Crippen LogP contribution in [0.25, 0.3) is 4.96 Å². The summed E-state index contributed by atoms with van der Waals surface area (Å²) in [6.07, 6.45) is 5.12. The molecular weight excluding hydrogens is 499 g/mol. The number of benzene rings is 1. The Morgan fingerprint density at radius 2 is 2.24 bits per heavy atom. The van der Waals surface area contributed by atoms with Crippen molar-refractivity contribution in [3.8, 4) is 5.75 Å². The van der Waals surface area contributed by atoms with Gasteiger partial charge < -0.3 is 20.3 Å². The number of rotatable bonds is 6. The Labute approximate surface area is 192 Å². The first kappa shape index (κ1) is 21.7. The van der Waals surface area contributed by atoms with Crippen LogP contribution in [0, 0.1) is 0 Å². The van der Waals surface area contributed by atoms with Crippen molar-refractivity contribution in [1.82, 2.24) is 20.0 Å². The number of anilines is 1. The fraction of sp³-hybridized carbons (Fsp3) is 0.400. The average Bonchev–Trinajstić information content (AvgIpc) is 3.42. The molecule has 1 fully saturated rings. The van der Waals surface area contributed by atoms with Gasteiger partial charge in [-0.05, 0) is 25.5 Å². The lowest BCUT2D eigenvalue weighted by Crippen LogP contribution is -2.44. The van der Waals surface area contributed by atoms with Gasteiger partial charge in [0.1, 0.15) is 5.75 Å². The van der Waals surface area contributed by atoms with Crippen LogP contribution in [0.1, 0.15) is 19.0 Å². The van der Waals surface area contributed by atoms with Crippen LogP contribution in [0.3, 0.4) is 0 Å². The number of guanidine groups is 1. The second kappa shape index (κ2) is 10.1. The van der Waals surface area contributed by atoms with Crippen LogP contribution in [0.4, 0.5) is 5.69 Å². The van der Waals surface area contributed by atoms with Crippen molar-refractivity contribution in [2.45, 2.75) is 25.9 Å². The summed E-state index contributed by atoms with van der Waals surface area (Å²) < 4.78 is 7.55. The number of thiazole rings is 1. The zero-order chi connectivity index (χ0) is 19.3. The maximum atomic E-state index is 5.51. The SMILES string of the molecule is CCNC(=NCc1cn2ccsc2n1)NC1CCN(c2ccccc2OC)C1.I. The number of halogens is 1. The molecule has 0 spiro atoms. The van der Waals surface area contributed by atoms with E-state index in [0.717, 1.165) is 54.1 Å². The minimum absolute atomic E-state index is 0. The summed E-state index contributed by atoms with van der Waals surface area (Å²) in [4.78, 5) is 12.7. The van der Waals surface area contributed by atoms with Crippen molar-refractivity contribution < 1.29 is 4.74 Å². The van der Waals surface area contributed by atoms with E-state index in [2.05, 4.69) is 39.6 Å². The smallest absolute Gasteiger partial charge is 0.193 e. The molecule has 0 saturated carbocycles. The first-order chi connectivity index (χ1) is 13.8. The molecule has 1 aromatic carbocycles. The van der Waals surface area contributed by atoms with Gasteiger partial charge in [0.15, 0.2) is 10.9 Å². The standard InChI is InChI=1S/C20H26N6OS.HI/c1-3-21-19(22-12-16-14-26-10-11-28-20(26)24-16)23-15-8-9-25(13-15)17-6-4-5-7-18(17)27-2;/h4-7,10-11,14-15H,3,8-9,12-13H2,1-2H3,(H2,21,22,23);1H. The van der Waals surface area contributed by atoms with Gasteiger partial charge in [0, 0.05) is 43.4 Å². The zero-order valence-corrected chi connectivity index (χ0v) is 19.8. The van der Waals surface area contributed by atoms with E-state index in [9.17, 15) is 0 Å². The average molecular weight is 526 g/mol. The van der Waals surface area contributed by atoms with Crippen LogP contribution >= 0.6 is 35.3 Å². The molecule has 1 aliphatic rings. The molecule has 1 unspecified atom stereocenters. The highest BCUT2D eigenvalue weighted by Gasteiger charge is 2.25. The number of para-hydroxylation sites is 2. The number of hydrogen-bond acceptors (Lipinski definition) is 5. The molecule has 1 saturated heterocycles. The second-order valence-electron chi connectivity index (χ2n) is 6.77. The number of nitrogens with zero attached hydrogens (tertiary/aromatic N) is 4. The Balaban J connectivity index is 0.00000240. The van der Waals surface area contributed by atoms with Gasteiger partial charge in [-0.15, -0.1) is 35.3 Å². The van der Waals surface area contributed by atoms with E-state index in [0.29, 0.717) is 12.6 Å². The number of nitrogens with one attached hydrogen (secondary N) is 2. The Morgan fingerprint density at radius 3 is 3.03 bits per heavy atom. The fourth-order valence-electron chi connectivity index (χ4n) is 3.51. The molecule has 0 bridgehead atoms. The summed E-state index contributed by atoms with van der Waals surface area (Å²) >= 11 is 1.64. The Kier molecular flexibility index (Phi) is 7.59. The van der Waals surface area contributed by atoms with Gasteiger partial charge in [-0.3, -0.25) is 4.40 Å². The molecule has 4 rings (SSSR count). The minimum Gasteiger partial charge on any atom is -0.495 e. The minimum atomic E-state index is 0. The van der Waals surface area contributed by atoms with E-state index >= 15 is 0 Å². The fourth-order valence-corrected chi connectivity index (χ4v) is 4.23. The molecule has 9 heteroatoms. The first-order valence-corrected chi connectivity index (χ1v) is 10.5. The molecule has 0 amide bonds. The van der Waals surface area contributed by atoms with Crippen LogP contribution in [0.2, 0.25) is 0 Å². The highest BCUT2D eigenvalue weighted by Crippen LogP contribution is 2.30. The van der Waals surface area contributed by atoms with Gasteiger partial charge in [-0.2, -0.15) is 0 Å². The molecule has 2 aromatic heterocycles. The number of ether oxygens (including phenoxy) is 1. The summed E-state index contributed by atoms with van der Waals surface area (Å²) in [5.74, 6) is 1.76. The molecule has 0 aliphatic carbocycles. The Morgan fingerprint density at radius 1 is 1.38 bits per heavy atom. The third-order valence-corrected chi connectivity index (χ3v) is 5.61. The van der Waals surface area contributed by atoms with E-state index in [1.54, 1.807) is 18.4 Å². The van der Waals surface area contributed by atoms with E-state index < -0.39 is 0 Å². The number of fused-ring (bicyclic) bond motifs is 1. The van der Waals surface area contributed by atoms with Gasteiger partial charge in [-0.1, -0.05) is 12.1 Å². The van der Waals surface area contributed by atoms with Gasteiger partial charge in [0.2, 0.25) is 0 Å². The van der Waals surface area contributed by atoms with Crippen molar-refractivity contribution in [1.29, 1.82) is 0 Å². The van der Waals surface area contributed by atoms with E-state index in [-0.39, 0.29) is 24.0 Å². The predicted octanol–water partition coefficient (Wildman–Crippen LogP) is 3.36. The lowest BCUT2D eigenvalue weighted by atomic mass is 10.2. The van der Waals surface area contributed by atoms with E-state index in [4.69, 9.17) is 9.73 Å². The topological polar surface area (TPSA) is 66.2 Å². The normalized spacial score (nSPS) is 16.7. The van der Waals surface area contributed by atoms with Gasteiger partial charge in [0.25, 0.3) is 0 Å². The lowest BCUT2D eigenvalue weighted by molar-refractivity contribution is 0.415.